The van der Waals surface area contributed by atoms with Gasteiger partial charge in [-0.25, -0.2) is 0 Å². The van der Waals surface area contributed by atoms with Gasteiger partial charge in [-0.05, 0) is 26.5 Å². The fourth-order valence-electron chi connectivity index (χ4n) is 0.836. The summed E-state index contributed by atoms with van der Waals surface area (Å²) in [6.07, 6.45) is 5.46. The number of allylic oxidation sites excluding steroid dienone is 1. The highest BCUT2D eigenvalue weighted by molar-refractivity contribution is 4.76. The Hall–Kier alpha value is -0.460. The second-order valence-corrected chi connectivity index (χ2v) is 2.11. The second kappa shape index (κ2) is 5.67. The third-order valence-electron chi connectivity index (χ3n) is 1.28. The van der Waals surface area contributed by atoms with Crippen molar-refractivity contribution in [1.82, 2.24) is 4.90 Å². The van der Waals surface area contributed by atoms with Gasteiger partial charge in [-0.2, -0.15) is 0 Å². The smallest absolute Gasteiger partial charge is 0.0169 e. The average molecular weight is 127 g/mol. The predicted octanol–water partition coefficient (Wildman–Crippen LogP) is 2.25. The molecule has 0 atom stereocenters. The van der Waals surface area contributed by atoms with Crippen molar-refractivity contribution < 1.29 is 0 Å². The molecule has 1 nitrogen and oxygen atoms in total. The highest BCUT2D eigenvalue weighted by Gasteiger charge is 1.89. The van der Waals surface area contributed by atoms with Crippen LogP contribution in [0.5, 0.6) is 0 Å². The van der Waals surface area contributed by atoms with E-state index in [4.69, 9.17) is 0 Å². The molecule has 54 valence electrons. The summed E-state index contributed by atoms with van der Waals surface area (Å²) in [5.74, 6) is 0. The molecule has 0 saturated heterocycles. The number of nitrogens with zero attached hydrogens (tertiary/aromatic N) is 1. The summed E-state index contributed by atoms with van der Waals surface area (Å²) in [5, 5.41) is 0. The summed E-state index contributed by atoms with van der Waals surface area (Å²) in [7, 11) is 0. The van der Waals surface area contributed by atoms with Crippen molar-refractivity contribution in [1.29, 1.82) is 0 Å². The maximum atomic E-state index is 2.31. The Morgan fingerprint density at radius 1 is 1.33 bits per heavy atom. The summed E-state index contributed by atoms with van der Waals surface area (Å²) in [5.41, 5.74) is 0. The Kier molecular flexibility index (Phi) is 5.38. The van der Waals surface area contributed by atoms with Gasteiger partial charge in [-0.3, -0.25) is 0 Å². The molecule has 0 N–H and O–H groups in total. The van der Waals surface area contributed by atoms with E-state index in [1.54, 1.807) is 0 Å². The van der Waals surface area contributed by atoms with Gasteiger partial charge in [0.25, 0.3) is 0 Å². The van der Waals surface area contributed by atoms with E-state index in [1.165, 1.54) is 13.0 Å². The molecule has 0 heterocycles. The fourth-order valence-corrected chi connectivity index (χ4v) is 0.836. The minimum absolute atomic E-state index is 1.12. The minimum atomic E-state index is 1.12. The molecule has 0 bridgehead atoms. The predicted molar refractivity (Wildman–Crippen MR) is 42.4 cm³/mol. The van der Waals surface area contributed by atoms with Gasteiger partial charge in [0, 0.05) is 13.1 Å². The molecule has 0 rings (SSSR count). The molecule has 0 spiro atoms. The SMILES string of the molecule is C/C=C\N(CC)CCC. The molecule has 0 aromatic carbocycles. The Morgan fingerprint density at radius 3 is 2.33 bits per heavy atom. The van der Waals surface area contributed by atoms with Crippen LogP contribution >= 0.6 is 0 Å². The van der Waals surface area contributed by atoms with Gasteiger partial charge in [0.1, 0.15) is 0 Å². The first kappa shape index (κ1) is 8.54. The van der Waals surface area contributed by atoms with Gasteiger partial charge in [0.15, 0.2) is 0 Å². The van der Waals surface area contributed by atoms with E-state index >= 15 is 0 Å². The van der Waals surface area contributed by atoms with E-state index in [0.717, 1.165) is 6.54 Å². The zero-order valence-electron chi connectivity index (χ0n) is 6.72. The summed E-state index contributed by atoms with van der Waals surface area (Å²) in [6.45, 7) is 8.74. The van der Waals surface area contributed by atoms with Gasteiger partial charge < -0.3 is 4.90 Å². The highest BCUT2D eigenvalue weighted by atomic mass is 15.1. The zero-order valence-corrected chi connectivity index (χ0v) is 6.72. The van der Waals surface area contributed by atoms with Crippen LogP contribution in [0.4, 0.5) is 0 Å². The van der Waals surface area contributed by atoms with Crippen LogP contribution in [0.2, 0.25) is 0 Å². The van der Waals surface area contributed by atoms with Gasteiger partial charge in [-0.15, -0.1) is 0 Å². The monoisotopic (exact) mass is 127 g/mol. The molecular weight excluding hydrogens is 110 g/mol. The maximum absolute atomic E-state index is 2.31. The summed E-state index contributed by atoms with van der Waals surface area (Å²) in [6, 6.07) is 0. The Labute approximate surface area is 58.4 Å². The van der Waals surface area contributed by atoms with E-state index < -0.39 is 0 Å². The lowest BCUT2D eigenvalue weighted by Crippen LogP contribution is -2.16. The van der Waals surface area contributed by atoms with E-state index in [0.29, 0.717) is 0 Å². The van der Waals surface area contributed by atoms with Crippen LogP contribution in [-0.2, 0) is 0 Å². The van der Waals surface area contributed by atoms with Crippen LogP contribution in [0.3, 0.4) is 0 Å². The van der Waals surface area contributed by atoms with Gasteiger partial charge in [0.2, 0.25) is 0 Å². The lowest BCUT2D eigenvalue weighted by atomic mass is 10.4. The van der Waals surface area contributed by atoms with Crippen LogP contribution in [0.25, 0.3) is 0 Å². The Bertz CT molecular complexity index is 76.6. The molecule has 0 amide bonds. The van der Waals surface area contributed by atoms with E-state index in [1.807, 2.05) is 0 Å². The lowest BCUT2D eigenvalue weighted by Gasteiger charge is -2.15. The summed E-state index contributed by atoms with van der Waals surface area (Å²) >= 11 is 0. The average Bonchev–Trinajstić information content (AvgIpc) is 1.88. The van der Waals surface area contributed by atoms with Crippen molar-refractivity contribution in [2.24, 2.45) is 0 Å². The lowest BCUT2D eigenvalue weighted by molar-refractivity contribution is 0.395. The van der Waals surface area contributed by atoms with Gasteiger partial charge in [-0.1, -0.05) is 13.0 Å². The molecular formula is C8H17N. The molecule has 0 unspecified atom stereocenters. The molecule has 0 aromatic rings. The van der Waals surface area contributed by atoms with E-state index in [-0.39, 0.29) is 0 Å². The molecule has 0 aliphatic rings. The molecule has 0 saturated carbocycles. The van der Waals surface area contributed by atoms with Gasteiger partial charge >= 0.3 is 0 Å². The van der Waals surface area contributed by atoms with Crippen molar-refractivity contribution >= 4 is 0 Å². The topological polar surface area (TPSA) is 3.24 Å². The van der Waals surface area contributed by atoms with Crippen LogP contribution in [0.15, 0.2) is 12.3 Å². The van der Waals surface area contributed by atoms with Crippen molar-refractivity contribution in [3.05, 3.63) is 12.3 Å². The quantitative estimate of drug-likeness (QED) is 0.560. The standard InChI is InChI=1S/C8H17N/c1-4-7-9(6-3)8-5-2/h4,7H,5-6,8H2,1-3H3/b7-4-. The van der Waals surface area contributed by atoms with Crippen LogP contribution in [-0.4, -0.2) is 18.0 Å². The van der Waals surface area contributed by atoms with Crippen molar-refractivity contribution in [3.63, 3.8) is 0 Å². The van der Waals surface area contributed by atoms with Crippen LogP contribution in [0, 0.1) is 0 Å². The summed E-state index contributed by atoms with van der Waals surface area (Å²) in [4.78, 5) is 2.31. The zero-order chi connectivity index (χ0) is 7.11. The molecule has 9 heavy (non-hydrogen) atoms. The Morgan fingerprint density at radius 2 is 2.00 bits per heavy atom. The third-order valence-corrected chi connectivity index (χ3v) is 1.28. The molecule has 0 fully saturated rings. The Balaban J connectivity index is 3.41. The maximum Gasteiger partial charge on any atom is 0.0169 e. The minimum Gasteiger partial charge on any atom is -0.378 e. The largest absolute Gasteiger partial charge is 0.378 e. The van der Waals surface area contributed by atoms with Crippen molar-refractivity contribution in [2.45, 2.75) is 27.2 Å². The molecule has 0 radical (unpaired) electrons. The van der Waals surface area contributed by atoms with Crippen LogP contribution < -0.4 is 0 Å². The normalized spacial score (nSPS) is 10.6. The molecule has 0 aliphatic heterocycles. The number of rotatable bonds is 4. The highest BCUT2D eigenvalue weighted by Crippen LogP contribution is 1.90. The van der Waals surface area contributed by atoms with Crippen molar-refractivity contribution in [3.8, 4) is 0 Å². The van der Waals surface area contributed by atoms with E-state index in [9.17, 15) is 0 Å². The van der Waals surface area contributed by atoms with E-state index in [2.05, 4.69) is 37.9 Å². The third kappa shape index (κ3) is 4.07. The summed E-state index contributed by atoms with van der Waals surface area (Å²) < 4.78 is 0. The second-order valence-electron chi connectivity index (χ2n) is 2.11. The first-order chi connectivity index (χ1) is 4.35. The number of hydrogen-bond acceptors (Lipinski definition) is 1. The first-order valence-corrected chi connectivity index (χ1v) is 3.72. The molecule has 0 aliphatic carbocycles. The van der Waals surface area contributed by atoms with Crippen LogP contribution in [0.1, 0.15) is 27.2 Å². The first-order valence-electron chi connectivity index (χ1n) is 3.72. The number of hydrogen-bond donors (Lipinski definition) is 0. The van der Waals surface area contributed by atoms with Gasteiger partial charge in [0.05, 0.1) is 0 Å². The molecule has 1 heteroatoms. The van der Waals surface area contributed by atoms with Crippen molar-refractivity contribution in [2.75, 3.05) is 13.1 Å². The molecule has 0 aromatic heterocycles. The fraction of sp³-hybridized carbons (Fsp3) is 0.750.